The zero-order chi connectivity index (χ0) is 36.3. The Hall–Kier alpha value is -6.52. The molecule has 0 spiro atoms. The summed E-state index contributed by atoms with van der Waals surface area (Å²) in [7, 11) is 0. The first-order valence-electron chi connectivity index (χ1n) is 18.7. The standard InChI is InChI=1S/C52H33NS2/c1-2-16-43-35(10-1)11-9-19-44(43)39-14-7-12-36(30-39)37-13-8-15-41(31-37)53(42-27-29-51-48(33-42)46-18-4-6-21-50(46)54-51)40-25-22-34(23-26-40)38-24-28-47-45-17-3-5-20-49(45)55-52(47)32-38/h1-33H. The molecule has 0 saturated heterocycles. The maximum absolute atomic E-state index is 2.41. The van der Waals surface area contributed by atoms with Crippen LogP contribution in [-0.2, 0) is 0 Å². The smallest absolute Gasteiger partial charge is 0.0468 e. The highest BCUT2D eigenvalue weighted by atomic mass is 32.1. The van der Waals surface area contributed by atoms with Gasteiger partial charge in [-0.2, -0.15) is 0 Å². The topological polar surface area (TPSA) is 3.24 Å². The van der Waals surface area contributed by atoms with Gasteiger partial charge in [-0.25, -0.2) is 0 Å². The van der Waals surface area contributed by atoms with E-state index < -0.39 is 0 Å². The summed E-state index contributed by atoms with van der Waals surface area (Å²) >= 11 is 3.72. The number of nitrogens with zero attached hydrogens (tertiary/aromatic N) is 1. The molecule has 0 atom stereocenters. The molecular weight excluding hydrogens is 703 g/mol. The van der Waals surface area contributed by atoms with Crippen molar-refractivity contribution in [3.05, 3.63) is 200 Å². The molecule has 0 aliphatic heterocycles. The van der Waals surface area contributed by atoms with E-state index in [0.717, 1.165) is 17.1 Å². The van der Waals surface area contributed by atoms with Gasteiger partial charge in [-0.15, -0.1) is 22.7 Å². The Morgan fingerprint density at radius 3 is 1.65 bits per heavy atom. The van der Waals surface area contributed by atoms with E-state index in [-0.39, 0.29) is 0 Å². The van der Waals surface area contributed by atoms with Gasteiger partial charge in [0.1, 0.15) is 0 Å². The average Bonchev–Trinajstić information content (AvgIpc) is 3.82. The highest BCUT2D eigenvalue weighted by molar-refractivity contribution is 7.26. The first-order valence-corrected chi connectivity index (χ1v) is 20.3. The first kappa shape index (κ1) is 32.0. The fourth-order valence-electron chi connectivity index (χ4n) is 8.18. The molecule has 0 unspecified atom stereocenters. The van der Waals surface area contributed by atoms with E-state index in [4.69, 9.17) is 0 Å². The molecule has 0 fully saturated rings. The number of thiophene rings is 2. The van der Waals surface area contributed by atoms with Gasteiger partial charge in [0, 0.05) is 57.4 Å². The molecule has 0 radical (unpaired) electrons. The first-order chi connectivity index (χ1) is 27.2. The van der Waals surface area contributed by atoms with E-state index in [1.807, 2.05) is 22.7 Å². The quantitative estimate of drug-likeness (QED) is 0.164. The van der Waals surface area contributed by atoms with Crippen LogP contribution < -0.4 is 4.90 Å². The van der Waals surface area contributed by atoms with Gasteiger partial charge in [0.25, 0.3) is 0 Å². The van der Waals surface area contributed by atoms with Crippen LogP contribution in [0.3, 0.4) is 0 Å². The number of hydrogen-bond acceptors (Lipinski definition) is 3. The van der Waals surface area contributed by atoms with Crippen molar-refractivity contribution in [2.24, 2.45) is 0 Å². The van der Waals surface area contributed by atoms with Crippen LogP contribution in [-0.4, -0.2) is 0 Å². The number of hydrogen-bond donors (Lipinski definition) is 0. The second-order valence-electron chi connectivity index (χ2n) is 14.1. The van der Waals surface area contributed by atoms with E-state index in [1.165, 1.54) is 84.5 Å². The molecule has 0 aliphatic rings. The van der Waals surface area contributed by atoms with Crippen LogP contribution in [0.5, 0.6) is 0 Å². The lowest BCUT2D eigenvalue weighted by Crippen LogP contribution is -2.10. The van der Waals surface area contributed by atoms with Crippen LogP contribution >= 0.6 is 22.7 Å². The van der Waals surface area contributed by atoms with Crippen LogP contribution in [0.25, 0.3) is 84.5 Å². The zero-order valence-corrected chi connectivity index (χ0v) is 31.4. The lowest BCUT2D eigenvalue weighted by Gasteiger charge is -2.26. The van der Waals surface area contributed by atoms with E-state index in [9.17, 15) is 0 Å². The maximum Gasteiger partial charge on any atom is 0.0468 e. The number of anilines is 3. The third-order valence-corrected chi connectivity index (χ3v) is 13.1. The fourth-order valence-corrected chi connectivity index (χ4v) is 10.4. The highest BCUT2D eigenvalue weighted by Crippen LogP contribution is 2.43. The Kier molecular flexibility index (Phi) is 7.61. The zero-order valence-electron chi connectivity index (χ0n) is 29.8. The average molecular weight is 736 g/mol. The molecule has 0 bridgehead atoms. The van der Waals surface area contributed by atoms with Gasteiger partial charge < -0.3 is 4.90 Å². The Morgan fingerprint density at radius 2 is 0.818 bits per heavy atom. The van der Waals surface area contributed by atoms with Gasteiger partial charge in [0.05, 0.1) is 0 Å². The monoisotopic (exact) mass is 735 g/mol. The van der Waals surface area contributed by atoms with Crippen molar-refractivity contribution >= 4 is 90.9 Å². The molecule has 55 heavy (non-hydrogen) atoms. The Morgan fingerprint density at radius 1 is 0.273 bits per heavy atom. The highest BCUT2D eigenvalue weighted by Gasteiger charge is 2.17. The summed E-state index contributed by atoms with van der Waals surface area (Å²) in [5.41, 5.74) is 10.7. The molecule has 0 saturated carbocycles. The molecule has 11 aromatic rings. The number of rotatable bonds is 6. The molecule has 0 aliphatic carbocycles. The van der Waals surface area contributed by atoms with Gasteiger partial charge in [-0.3, -0.25) is 0 Å². The largest absolute Gasteiger partial charge is 0.310 e. The minimum Gasteiger partial charge on any atom is -0.310 e. The third kappa shape index (κ3) is 5.60. The van der Waals surface area contributed by atoms with Crippen molar-refractivity contribution in [2.75, 3.05) is 4.90 Å². The Bertz CT molecular complexity index is 3220. The number of fused-ring (bicyclic) bond motifs is 7. The van der Waals surface area contributed by atoms with Gasteiger partial charge in [-0.05, 0) is 111 Å². The summed E-state index contributed by atoms with van der Waals surface area (Å²) in [4.78, 5) is 2.41. The summed E-state index contributed by atoms with van der Waals surface area (Å²) in [5.74, 6) is 0. The second-order valence-corrected chi connectivity index (χ2v) is 16.3. The summed E-state index contributed by atoms with van der Waals surface area (Å²) in [5, 5.41) is 7.77. The fraction of sp³-hybridized carbons (Fsp3) is 0. The van der Waals surface area contributed by atoms with E-state index in [2.05, 4.69) is 205 Å². The predicted molar refractivity (Wildman–Crippen MR) is 241 cm³/mol. The van der Waals surface area contributed by atoms with Crippen LogP contribution in [0.4, 0.5) is 17.1 Å². The van der Waals surface area contributed by atoms with E-state index >= 15 is 0 Å². The summed E-state index contributed by atoms with van der Waals surface area (Å²) in [6.07, 6.45) is 0. The van der Waals surface area contributed by atoms with Crippen molar-refractivity contribution in [1.29, 1.82) is 0 Å². The molecular formula is C52H33NS2. The van der Waals surface area contributed by atoms with Crippen molar-refractivity contribution < 1.29 is 0 Å². The molecule has 258 valence electrons. The molecule has 2 aromatic heterocycles. The van der Waals surface area contributed by atoms with Gasteiger partial charge in [-0.1, -0.05) is 133 Å². The minimum absolute atomic E-state index is 1.12. The van der Waals surface area contributed by atoms with Crippen molar-refractivity contribution in [3.8, 4) is 33.4 Å². The number of benzene rings is 9. The molecule has 2 heterocycles. The van der Waals surface area contributed by atoms with Crippen LogP contribution in [0.15, 0.2) is 200 Å². The lowest BCUT2D eigenvalue weighted by atomic mass is 9.95. The summed E-state index contributed by atoms with van der Waals surface area (Å²) < 4.78 is 5.27. The second kappa shape index (κ2) is 13.1. The van der Waals surface area contributed by atoms with Crippen LogP contribution in [0, 0.1) is 0 Å². The van der Waals surface area contributed by atoms with Gasteiger partial charge in [0.2, 0.25) is 0 Å². The predicted octanol–water partition coefficient (Wildman–Crippen LogP) is 16.0. The lowest BCUT2D eigenvalue weighted by molar-refractivity contribution is 1.29. The third-order valence-electron chi connectivity index (χ3n) is 10.9. The van der Waals surface area contributed by atoms with Crippen LogP contribution in [0.1, 0.15) is 0 Å². The molecule has 1 nitrogen and oxygen atoms in total. The molecule has 0 N–H and O–H groups in total. The molecule has 11 rings (SSSR count). The Labute approximate surface area is 327 Å². The summed E-state index contributed by atoms with van der Waals surface area (Å²) in [6.45, 7) is 0. The minimum atomic E-state index is 1.12. The van der Waals surface area contributed by atoms with Gasteiger partial charge >= 0.3 is 0 Å². The van der Waals surface area contributed by atoms with Crippen molar-refractivity contribution in [2.45, 2.75) is 0 Å². The molecule has 0 amide bonds. The summed E-state index contributed by atoms with van der Waals surface area (Å²) in [6, 6.07) is 73.5. The van der Waals surface area contributed by atoms with E-state index in [1.54, 1.807) is 0 Å². The van der Waals surface area contributed by atoms with Crippen LogP contribution in [0.2, 0.25) is 0 Å². The Balaban J connectivity index is 1.02. The molecule has 3 heteroatoms. The normalized spacial score (nSPS) is 11.6. The van der Waals surface area contributed by atoms with Gasteiger partial charge in [0.15, 0.2) is 0 Å². The van der Waals surface area contributed by atoms with E-state index in [0.29, 0.717) is 0 Å². The SMILES string of the molecule is c1cc(-c2cccc(N(c3ccc(-c4ccc5c(c4)sc4ccccc45)cc3)c3ccc4sc5ccccc5c4c3)c2)cc(-c2cccc3ccccc23)c1. The maximum atomic E-state index is 2.41. The van der Waals surface area contributed by atoms with Crippen molar-refractivity contribution in [1.82, 2.24) is 0 Å². The van der Waals surface area contributed by atoms with Crippen molar-refractivity contribution in [3.63, 3.8) is 0 Å². The molecule has 9 aromatic carbocycles.